The topological polar surface area (TPSA) is 15.3 Å². The molecule has 0 aliphatic carbocycles. The second kappa shape index (κ2) is 6.54. The molecule has 0 aliphatic heterocycles. The lowest BCUT2D eigenvalue weighted by Crippen LogP contribution is -2.19. The van der Waals surface area contributed by atoms with E-state index in [0.717, 1.165) is 19.0 Å². The van der Waals surface area contributed by atoms with Gasteiger partial charge in [0.2, 0.25) is 0 Å². The average Bonchev–Trinajstić information content (AvgIpc) is 2.27. The summed E-state index contributed by atoms with van der Waals surface area (Å²) in [6, 6.07) is 8.79. The Bertz CT molecular complexity index is 290. The summed E-state index contributed by atoms with van der Waals surface area (Å²) in [7, 11) is 4.14. The van der Waals surface area contributed by atoms with E-state index in [4.69, 9.17) is 0 Å². The van der Waals surface area contributed by atoms with Gasteiger partial charge in [0, 0.05) is 25.8 Å². The Hall–Kier alpha value is -1.02. The molecule has 2 heteroatoms. The van der Waals surface area contributed by atoms with Crippen LogP contribution >= 0.6 is 0 Å². The van der Waals surface area contributed by atoms with E-state index in [1.165, 1.54) is 17.7 Å². The molecule has 1 aromatic rings. The van der Waals surface area contributed by atoms with Crippen molar-refractivity contribution >= 4 is 5.69 Å². The first-order chi connectivity index (χ1) is 7.63. The molecule has 1 rings (SSSR count). The van der Waals surface area contributed by atoms with Gasteiger partial charge < -0.3 is 10.2 Å². The summed E-state index contributed by atoms with van der Waals surface area (Å²) in [6.07, 6.45) is 1.24. The highest BCUT2D eigenvalue weighted by atomic mass is 15.1. The van der Waals surface area contributed by atoms with Gasteiger partial charge in [-0.3, -0.25) is 0 Å². The van der Waals surface area contributed by atoms with Crippen molar-refractivity contribution in [2.75, 3.05) is 25.5 Å². The zero-order valence-corrected chi connectivity index (χ0v) is 11.0. The van der Waals surface area contributed by atoms with Crippen molar-refractivity contribution in [3.05, 3.63) is 29.8 Å². The van der Waals surface area contributed by atoms with Gasteiger partial charge in [-0.25, -0.2) is 0 Å². The first-order valence-electron chi connectivity index (χ1n) is 6.08. The van der Waals surface area contributed by atoms with Crippen molar-refractivity contribution in [2.45, 2.75) is 26.8 Å². The van der Waals surface area contributed by atoms with Gasteiger partial charge in [-0.2, -0.15) is 0 Å². The zero-order valence-electron chi connectivity index (χ0n) is 11.0. The summed E-state index contributed by atoms with van der Waals surface area (Å²) in [6.45, 7) is 6.60. The third-order valence-corrected chi connectivity index (χ3v) is 2.80. The molecule has 0 saturated heterocycles. The van der Waals surface area contributed by atoms with Crippen LogP contribution in [0.1, 0.15) is 25.8 Å². The lowest BCUT2D eigenvalue weighted by Gasteiger charge is -2.20. The van der Waals surface area contributed by atoms with E-state index in [1.54, 1.807) is 0 Å². The Labute approximate surface area is 99.7 Å². The number of hydrogen-bond acceptors (Lipinski definition) is 2. The van der Waals surface area contributed by atoms with E-state index in [9.17, 15) is 0 Å². The second-order valence-electron chi connectivity index (χ2n) is 4.80. The largest absolute Gasteiger partial charge is 0.375 e. The van der Waals surface area contributed by atoms with Crippen LogP contribution in [-0.2, 0) is 6.54 Å². The fourth-order valence-corrected chi connectivity index (χ4v) is 1.65. The molecule has 0 radical (unpaired) electrons. The summed E-state index contributed by atoms with van der Waals surface area (Å²) in [5, 5.41) is 3.16. The molecule has 0 amide bonds. The zero-order chi connectivity index (χ0) is 12.0. The molecule has 1 N–H and O–H groups in total. The molecule has 0 fully saturated rings. The van der Waals surface area contributed by atoms with Crippen LogP contribution in [0, 0.1) is 5.92 Å². The molecule has 0 heterocycles. The molecule has 2 nitrogen and oxygen atoms in total. The normalized spacial score (nSPS) is 10.8. The van der Waals surface area contributed by atoms with Gasteiger partial charge in [0.05, 0.1) is 0 Å². The van der Waals surface area contributed by atoms with E-state index in [2.05, 4.69) is 55.4 Å². The van der Waals surface area contributed by atoms with Crippen molar-refractivity contribution in [1.29, 1.82) is 0 Å². The molecule has 0 aromatic heterocycles. The van der Waals surface area contributed by atoms with Crippen LogP contribution in [0.3, 0.4) is 0 Å². The molecule has 0 bridgehead atoms. The molecule has 0 unspecified atom stereocenters. The second-order valence-corrected chi connectivity index (χ2v) is 4.80. The molecule has 0 spiro atoms. The summed E-state index contributed by atoms with van der Waals surface area (Å²) < 4.78 is 0. The van der Waals surface area contributed by atoms with Gasteiger partial charge in [-0.05, 0) is 37.1 Å². The Morgan fingerprint density at radius 3 is 2.31 bits per heavy atom. The van der Waals surface area contributed by atoms with Gasteiger partial charge >= 0.3 is 0 Å². The smallest absolute Gasteiger partial charge is 0.0363 e. The maximum Gasteiger partial charge on any atom is 0.0363 e. The summed E-state index contributed by atoms with van der Waals surface area (Å²) >= 11 is 0. The highest BCUT2D eigenvalue weighted by Gasteiger charge is 2.02. The van der Waals surface area contributed by atoms with Gasteiger partial charge in [0.1, 0.15) is 0 Å². The van der Waals surface area contributed by atoms with Crippen molar-refractivity contribution in [3.8, 4) is 0 Å². The van der Waals surface area contributed by atoms with Crippen molar-refractivity contribution in [1.82, 2.24) is 5.32 Å². The minimum Gasteiger partial charge on any atom is -0.375 e. The number of anilines is 1. The van der Waals surface area contributed by atoms with Crippen LogP contribution < -0.4 is 10.2 Å². The van der Waals surface area contributed by atoms with Crippen LogP contribution in [0.15, 0.2) is 24.3 Å². The highest BCUT2D eigenvalue weighted by molar-refractivity contribution is 5.46. The minimum absolute atomic E-state index is 0.769. The van der Waals surface area contributed by atoms with E-state index in [0.29, 0.717) is 0 Å². The summed E-state index contributed by atoms with van der Waals surface area (Å²) in [4.78, 5) is 2.32. The molecule has 1 aromatic carbocycles. The third kappa shape index (κ3) is 4.23. The number of nitrogens with one attached hydrogen (secondary N) is 1. The fourth-order valence-electron chi connectivity index (χ4n) is 1.65. The highest BCUT2D eigenvalue weighted by Crippen LogP contribution is 2.15. The first-order valence-corrected chi connectivity index (χ1v) is 6.08. The quantitative estimate of drug-likeness (QED) is 0.793. The molecule has 0 saturated carbocycles. The van der Waals surface area contributed by atoms with Crippen molar-refractivity contribution < 1.29 is 0 Å². The van der Waals surface area contributed by atoms with Crippen LogP contribution in [0.2, 0.25) is 0 Å². The van der Waals surface area contributed by atoms with Gasteiger partial charge in [-0.1, -0.05) is 26.0 Å². The van der Waals surface area contributed by atoms with Crippen molar-refractivity contribution in [2.24, 2.45) is 5.92 Å². The fraction of sp³-hybridized carbons (Fsp3) is 0.571. The lowest BCUT2D eigenvalue weighted by atomic mass is 10.1. The summed E-state index contributed by atoms with van der Waals surface area (Å²) in [5.41, 5.74) is 2.64. The van der Waals surface area contributed by atoms with Crippen LogP contribution in [0.25, 0.3) is 0 Å². The Kier molecular flexibility index (Phi) is 5.33. The number of nitrogens with zero attached hydrogens (tertiary/aromatic N) is 1. The number of benzene rings is 1. The van der Waals surface area contributed by atoms with Crippen LogP contribution in [0.4, 0.5) is 5.69 Å². The van der Waals surface area contributed by atoms with Crippen LogP contribution in [0.5, 0.6) is 0 Å². The lowest BCUT2D eigenvalue weighted by molar-refractivity contribution is 0.585. The predicted molar refractivity (Wildman–Crippen MR) is 71.9 cm³/mol. The summed E-state index contributed by atoms with van der Waals surface area (Å²) in [5.74, 6) is 0.769. The van der Waals surface area contributed by atoms with E-state index < -0.39 is 0 Å². The van der Waals surface area contributed by atoms with Gasteiger partial charge in [0.25, 0.3) is 0 Å². The molecule has 90 valence electrons. The van der Waals surface area contributed by atoms with Crippen LogP contribution in [-0.4, -0.2) is 20.6 Å². The van der Waals surface area contributed by atoms with E-state index in [1.807, 2.05) is 7.05 Å². The monoisotopic (exact) mass is 220 g/mol. The van der Waals surface area contributed by atoms with Crippen molar-refractivity contribution in [3.63, 3.8) is 0 Å². The standard InChI is InChI=1S/C14H24N2/c1-12(2)9-10-16(4)14-7-5-13(6-8-14)11-15-3/h5-8,12,15H,9-11H2,1-4H3. The van der Waals surface area contributed by atoms with E-state index in [-0.39, 0.29) is 0 Å². The Balaban J connectivity index is 2.52. The average molecular weight is 220 g/mol. The van der Waals surface area contributed by atoms with E-state index >= 15 is 0 Å². The molecule has 0 aliphatic rings. The maximum atomic E-state index is 3.16. The first kappa shape index (κ1) is 13.0. The third-order valence-electron chi connectivity index (χ3n) is 2.80. The Morgan fingerprint density at radius 1 is 1.19 bits per heavy atom. The Morgan fingerprint density at radius 2 is 1.81 bits per heavy atom. The molecule has 16 heavy (non-hydrogen) atoms. The maximum absolute atomic E-state index is 3.16. The number of hydrogen-bond donors (Lipinski definition) is 1. The minimum atomic E-state index is 0.769. The number of rotatable bonds is 6. The van der Waals surface area contributed by atoms with Gasteiger partial charge in [0.15, 0.2) is 0 Å². The van der Waals surface area contributed by atoms with Gasteiger partial charge in [-0.15, -0.1) is 0 Å². The molecular formula is C14H24N2. The predicted octanol–water partition coefficient (Wildman–Crippen LogP) is 2.89. The molecule has 0 atom stereocenters. The molecular weight excluding hydrogens is 196 g/mol. The SMILES string of the molecule is CNCc1ccc(N(C)CCC(C)C)cc1.